The largest absolute Gasteiger partial charge is 0.481 e. The van der Waals surface area contributed by atoms with E-state index in [4.69, 9.17) is 5.11 Å². The molecule has 1 aromatic carbocycles. The van der Waals surface area contributed by atoms with Crippen LogP contribution in [0, 0.1) is 5.92 Å². The highest BCUT2D eigenvalue weighted by molar-refractivity contribution is 7.89. The van der Waals surface area contributed by atoms with Crippen LogP contribution in [0.15, 0.2) is 29.2 Å². The maximum absolute atomic E-state index is 12.4. The van der Waals surface area contributed by atoms with Crippen LogP contribution in [0.25, 0.3) is 0 Å². The number of carboxylic acids is 1. The molecule has 0 amide bonds. The second kappa shape index (κ2) is 5.30. The van der Waals surface area contributed by atoms with E-state index >= 15 is 0 Å². The molecule has 9 heteroatoms. The molecule has 1 heterocycles. The van der Waals surface area contributed by atoms with Crippen LogP contribution in [0.2, 0.25) is 0 Å². The molecule has 1 aliphatic heterocycles. The fraction of sp³-hybridized carbons (Fsp3) is 0.417. The summed E-state index contributed by atoms with van der Waals surface area (Å²) in [6.45, 7) is -0.126. The summed E-state index contributed by atoms with van der Waals surface area (Å²) in [5.74, 6) is -1.87. The number of nitrogens with zero attached hydrogens (tertiary/aromatic N) is 1. The Morgan fingerprint density at radius 2 is 1.81 bits per heavy atom. The van der Waals surface area contributed by atoms with E-state index in [1.165, 1.54) is 0 Å². The van der Waals surface area contributed by atoms with Crippen LogP contribution in [-0.2, 0) is 21.0 Å². The average molecular weight is 323 g/mol. The molecule has 0 aromatic heterocycles. The third kappa shape index (κ3) is 3.18. The third-order valence-electron chi connectivity index (χ3n) is 3.32. The van der Waals surface area contributed by atoms with Gasteiger partial charge in [0, 0.05) is 13.1 Å². The van der Waals surface area contributed by atoms with Gasteiger partial charge in [-0.2, -0.15) is 17.5 Å². The van der Waals surface area contributed by atoms with Crippen molar-refractivity contribution >= 4 is 16.0 Å². The van der Waals surface area contributed by atoms with Gasteiger partial charge < -0.3 is 5.11 Å². The molecule has 21 heavy (non-hydrogen) atoms. The van der Waals surface area contributed by atoms with Crippen molar-refractivity contribution in [2.75, 3.05) is 13.1 Å². The quantitative estimate of drug-likeness (QED) is 0.920. The number of sulfonamides is 1. The smallest absolute Gasteiger partial charge is 0.416 e. The number of aliphatic carboxylic acids is 1. The molecule has 5 nitrogen and oxygen atoms in total. The maximum Gasteiger partial charge on any atom is 0.416 e. The number of carbonyl (C=O) groups is 1. The van der Waals surface area contributed by atoms with E-state index in [2.05, 4.69) is 0 Å². The van der Waals surface area contributed by atoms with E-state index in [-0.39, 0.29) is 24.4 Å². The Balaban J connectivity index is 2.23. The molecule has 1 N–H and O–H groups in total. The summed E-state index contributed by atoms with van der Waals surface area (Å²) in [6, 6.07) is 3.15. The Hall–Kier alpha value is -1.61. The summed E-state index contributed by atoms with van der Waals surface area (Å²) in [5.41, 5.74) is -0.939. The lowest BCUT2D eigenvalue weighted by molar-refractivity contribution is -0.141. The summed E-state index contributed by atoms with van der Waals surface area (Å²) in [4.78, 5) is 10.5. The number of halogens is 3. The van der Waals surface area contributed by atoms with Crippen LogP contribution >= 0.6 is 0 Å². The Labute approximate surface area is 119 Å². The van der Waals surface area contributed by atoms with E-state index < -0.39 is 33.7 Å². The first-order chi connectivity index (χ1) is 9.62. The Bertz CT molecular complexity index is 639. The molecular weight excluding hydrogens is 311 g/mol. The SMILES string of the molecule is O=C(O)[C@H]1CCN(S(=O)(=O)c2ccc(C(F)(F)F)cc2)C1. The van der Waals surface area contributed by atoms with Gasteiger partial charge >= 0.3 is 12.1 Å². The monoisotopic (exact) mass is 323 g/mol. The van der Waals surface area contributed by atoms with Crippen LogP contribution in [0.1, 0.15) is 12.0 Å². The first-order valence-corrected chi connectivity index (χ1v) is 7.46. The minimum Gasteiger partial charge on any atom is -0.481 e. The van der Waals surface area contributed by atoms with Crippen molar-refractivity contribution in [3.8, 4) is 0 Å². The maximum atomic E-state index is 12.4. The zero-order chi connectivity index (χ0) is 15.8. The van der Waals surface area contributed by atoms with E-state index in [9.17, 15) is 26.4 Å². The third-order valence-corrected chi connectivity index (χ3v) is 5.20. The number of rotatable bonds is 3. The molecule has 1 saturated heterocycles. The highest BCUT2D eigenvalue weighted by Crippen LogP contribution is 2.31. The van der Waals surface area contributed by atoms with Gasteiger partial charge in [0.05, 0.1) is 16.4 Å². The van der Waals surface area contributed by atoms with Gasteiger partial charge in [0.25, 0.3) is 0 Å². The Kier molecular flexibility index (Phi) is 3.98. The van der Waals surface area contributed by atoms with E-state index in [0.29, 0.717) is 12.1 Å². The van der Waals surface area contributed by atoms with Crippen molar-refractivity contribution in [1.29, 1.82) is 0 Å². The van der Waals surface area contributed by atoms with Gasteiger partial charge in [-0.15, -0.1) is 0 Å². The van der Waals surface area contributed by atoms with Crippen molar-refractivity contribution in [3.05, 3.63) is 29.8 Å². The Morgan fingerprint density at radius 3 is 2.24 bits per heavy atom. The molecule has 2 rings (SSSR count). The van der Waals surface area contributed by atoms with E-state index in [1.54, 1.807) is 0 Å². The van der Waals surface area contributed by atoms with Crippen molar-refractivity contribution in [2.45, 2.75) is 17.5 Å². The molecule has 0 saturated carbocycles. The van der Waals surface area contributed by atoms with Crippen molar-refractivity contribution in [3.63, 3.8) is 0 Å². The lowest BCUT2D eigenvalue weighted by Gasteiger charge is -2.16. The fourth-order valence-electron chi connectivity index (χ4n) is 2.11. The van der Waals surface area contributed by atoms with Gasteiger partial charge in [-0.25, -0.2) is 8.42 Å². The second-order valence-corrected chi connectivity index (χ2v) is 6.65. The van der Waals surface area contributed by atoms with Gasteiger partial charge in [-0.3, -0.25) is 4.79 Å². The first kappa shape index (κ1) is 15.8. The van der Waals surface area contributed by atoms with Gasteiger partial charge in [0.15, 0.2) is 0 Å². The molecule has 1 atom stereocenters. The van der Waals surface area contributed by atoms with Crippen molar-refractivity contribution < 1.29 is 31.5 Å². The zero-order valence-corrected chi connectivity index (χ0v) is 11.5. The minimum absolute atomic E-state index is 0.0420. The molecule has 0 unspecified atom stereocenters. The normalized spacial score (nSPS) is 20.6. The molecule has 0 spiro atoms. The Morgan fingerprint density at radius 1 is 1.24 bits per heavy atom. The standard InChI is InChI=1S/C12H12F3NO4S/c13-12(14,15)9-1-3-10(4-2-9)21(19,20)16-6-5-8(7-16)11(17)18/h1-4,8H,5-7H2,(H,17,18)/t8-/m0/s1. The van der Waals surface area contributed by atoms with Gasteiger partial charge in [0.1, 0.15) is 0 Å². The number of benzene rings is 1. The topological polar surface area (TPSA) is 74.7 Å². The fourth-order valence-corrected chi connectivity index (χ4v) is 3.61. The highest BCUT2D eigenvalue weighted by Gasteiger charge is 2.36. The molecule has 1 fully saturated rings. The van der Waals surface area contributed by atoms with Gasteiger partial charge in [0.2, 0.25) is 10.0 Å². The summed E-state index contributed by atoms with van der Waals surface area (Å²) in [6.07, 6.45) is -4.35. The number of hydrogen-bond donors (Lipinski definition) is 1. The second-order valence-electron chi connectivity index (χ2n) is 4.71. The molecule has 0 aliphatic carbocycles. The summed E-state index contributed by atoms with van der Waals surface area (Å²) >= 11 is 0. The van der Waals surface area contributed by atoms with Crippen molar-refractivity contribution in [1.82, 2.24) is 4.31 Å². The van der Waals surface area contributed by atoms with Crippen LogP contribution in [-0.4, -0.2) is 36.9 Å². The molecule has 0 bridgehead atoms. The average Bonchev–Trinajstić information content (AvgIpc) is 2.88. The van der Waals surface area contributed by atoms with Gasteiger partial charge in [-0.05, 0) is 30.7 Å². The van der Waals surface area contributed by atoms with E-state index in [0.717, 1.165) is 16.4 Å². The molecule has 0 radical (unpaired) electrons. The van der Waals surface area contributed by atoms with Crippen LogP contribution in [0.4, 0.5) is 13.2 Å². The van der Waals surface area contributed by atoms with Crippen LogP contribution in [0.3, 0.4) is 0 Å². The number of hydrogen-bond acceptors (Lipinski definition) is 3. The highest BCUT2D eigenvalue weighted by atomic mass is 32.2. The van der Waals surface area contributed by atoms with Crippen molar-refractivity contribution in [2.24, 2.45) is 5.92 Å². The number of carboxylic acid groups (broad SMARTS) is 1. The zero-order valence-electron chi connectivity index (χ0n) is 10.7. The molecule has 116 valence electrons. The predicted molar refractivity (Wildman–Crippen MR) is 65.9 cm³/mol. The molecule has 1 aromatic rings. The number of alkyl halides is 3. The molecular formula is C12H12F3NO4S. The summed E-state index contributed by atoms with van der Waals surface area (Å²) in [5, 5.41) is 8.85. The minimum atomic E-state index is -4.54. The van der Waals surface area contributed by atoms with Gasteiger partial charge in [-0.1, -0.05) is 0 Å². The van der Waals surface area contributed by atoms with Crippen LogP contribution < -0.4 is 0 Å². The first-order valence-electron chi connectivity index (χ1n) is 6.02. The van der Waals surface area contributed by atoms with E-state index in [1.807, 2.05) is 0 Å². The van der Waals surface area contributed by atoms with Crippen LogP contribution in [0.5, 0.6) is 0 Å². The molecule has 1 aliphatic rings. The predicted octanol–water partition coefficient (Wildman–Crippen LogP) is 1.80. The lowest BCUT2D eigenvalue weighted by Crippen LogP contribution is -2.30. The summed E-state index contributed by atoms with van der Waals surface area (Å²) in [7, 11) is -3.96. The summed E-state index contributed by atoms with van der Waals surface area (Å²) < 4.78 is 62.7. The lowest BCUT2D eigenvalue weighted by atomic mass is 10.1.